The zero-order valence-corrected chi connectivity index (χ0v) is 5.05. The molecule has 0 bridgehead atoms. The van der Waals surface area contributed by atoms with Crippen molar-refractivity contribution in [2.75, 3.05) is 0 Å². The first-order chi connectivity index (χ1) is 3.55. The van der Waals surface area contributed by atoms with E-state index < -0.39 is 12.0 Å². The van der Waals surface area contributed by atoms with Gasteiger partial charge in [0.2, 0.25) is 0 Å². The lowest BCUT2D eigenvalue weighted by molar-refractivity contribution is -0.145. The second-order valence-electron chi connectivity index (χ2n) is 2.09. The number of hydrogen-bond acceptors (Lipinski definition) is 2. The summed E-state index contributed by atoms with van der Waals surface area (Å²) in [6, 6.07) is -0.824. The Bertz CT molecular complexity index is 90.4. The predicted octanol–water partition coefficient (Wildman–Crippen LogP) is -0.0732. The Hall–Kier alpha value is -0.570. The molecule has 0 amide bonds. The Balaban J connectivity index is 3.64. The van der Waals surface area contributed by atoms with E-state index in [1.807, 2.05) is 0 Å². The summed E-state index contributed by atoms with van der Waals surface area (Å²) in [5, 5.41) is 9.90. The number of hydrogen-bond donors (Lipinski definition) is 1. The molecule has 1 radical (unpaired) electrons. The quantitative estimate of drug-likeness (QED) is 0.548. The summed E-state index contributed by atoms with van der Waals surface area (Å²) in [4.78, 5) is 9.90. The van der Waals surface area contributed by atoms with Crippen LogP contribution in [0.15, 0.2) is 0 Å². The first-order valence-corrected chi connectivity index (χ1v) is 2.52. The van der Waals surface area contributed by atoms with Crippen LogP contribution in [0.25, 0.3) is 0 Å². The highest BCUT2D eigenvalue weighted by Crippen LogP contribution is 1.96. The predicted molar refractivity (Wildman–Crippen MR) is 28.5 cm³/mol. The van der Waals surface area contributed by atoms with Crippen molar-refractivity contribution in [2.24, 2.45) is 11.7 Å². The Kier molecular flexibility index (Phi) is 2.48. The average Bonchev–Trinajstić information content (AvgIpc) is 1.64. The highest BCUT2D eigenvalue weighted by Gasteiger charge is 2.16. The van der Waals surface area contributed by atoms with E-state index in [0.29, 0.717) is 0 Å². The van der Waals surface area contributed by atoms with Gasteiger partial charge in [-0.15, -0.1) is 0 Å². The van der Waals surface area contributed by atoms with Crippen molar-refractivity contribution in [1.82, 2.24) is 0 Å². The van der Waals surface area contributed by atoms with Crippen LogP contribution in [0.1, 0.15) is 13.8 Å². The van der Waals surface area contributed by atoms with Gasteiger partial charge in [-0.2, -0.15) is 0 Å². The van der Waals surface area contributed by atoms with Gasteiger partial charge in [0, 0.05) is 0 Å². The molecular formula is C5H10NO2. The molecular weight excluding hydrogens is 106 g/mol. The van der Waals surface area contributed by atoms with Crippen molar-refractivity contribution in [2.45, 2.75) is 19.9 Å². The first kappa shape index (κ1) is 7.43. The number of nitrogens with two attached hydrogens (primary N) is 1. The van der Waals surface area contributed by atoms with Gasteiger partial charge in [-0.3, -0.25) is 0 Å². The molecule has 3 heteroatoms. The number of rotatable bonds is 2. The van der Waals surface area contributed by atoms with E-state index in [-0.39, 0.29) is 5.92 Å². The molecule has 0 heterocycles. The summed E-state index contributed by atoms with van der Waals surface area (Å²) >= 11 is 0. The molecule has 0 saturated carbocycles. The molecule has 0 spiro atoms. The molecule has 8 heavy (non-hydrogen) atoms. The van der Waals surface area contributed by atoms with Gasteiger partial charge in [0.25, 0.3) is 0 Å². The fraction of sp³-hybridized carbons (Fsp3) is 0.800. The van der Waals surface area contributed by atoms with Gasteiger partial charge in [0.1, 0.15) is 6.04 Å². The van der Waals surface area contributed by atoms with Gasteiger partial charge in [0.15, 0.2) is 0 Å². The van der Waals surface area contributed by atoms with E-state index >= 15 is 0 Å². The lowest BCUT2D eigenvalue weighted by Gasteiger charge is -2.06. The summed E-state index contributed by atoms with van der Waals surface area (Å²) < 4.78 is 0. The molecule has 0 aliphatic heterocycles. The van der Waals surface area contributed by atoms with E-state index in [4.69, 9.17) is 5.73 Å². The van der Waals surface area contributed by atoms with Crippen molar-refractivity contribution in [3.05, 3.63) is 0 Å². The third kappa shape index (κ3) is 1.93. The third-order valence-corrected chi connectivity index (χ3v) is 0.990. The SMILES string of the molecule is CC(C)[C@H](N)C([O])=O. The molecule has 2 N–H and O–H groups in total. The molecule has 0 aromatic rings. The van der Waals surface area contributed by atoms with Gasteiger partial charge in [-0.1, -0.05) is 13.8 Å². The molecule has 3 nitrogen and oxygen atoms in total. The average molecular weight is 116 g/mol. The lowest BCUT2D eigenvalue weighted by atomic mass is 10.1. The summed E-state index contributed by atoms with van der Waals surface area (Å²) in [6.45, 7) is 3.47. The normalized spacial score (nSPS) is 14.0. The second kappa shape index (κ2) is 2.67. The van der Waals surface area contributed by atoms with Crippen molar-refractivity contribution >= 4 is 5.97 Å². The molecule has 0 unspecified atom stereocenters. The molecule has 0 saturated heterocycles. The van der Waals surface area contributed by atoms with Crippen LogP contribution in [0.3, 0.4) is 0 Å². The zero-order chi connectivity index (χ0) is 6.73. The van der Waals surface area contributed by atoms with E-state index in [1.54, 1.807) is 13.8 Å². The first-order valence-electron chi connectivity index (χ1n) is 2.52. The summed E-state index contributed by atoms with van der Waals surface area (Å²) in [5.74, 6) is -1.22. The van der Waals surface area contributed by atoms with Crippen LogP contribution in [0, 0.1) is 5.92 Å². The van der Waals surface area contributed by atoms with Gasteiger partial charge in [-0.25, -0.2) is 9.90 Å². The number of carbonyl (C=O) groups excluding carboxylic acids is 1. The molecule has 0 aromatic carbocycles. The fourth-order valence-corrected chi connectivity index (χ4v) is 0.272. The second-order valence-corrected chi connectivity index (χ2v) is 2.09. The Labute approximate surface area is 48.5 Å². The van der Waals surface area contributed by atoms with Crippen molar-refractivity contribution in [3.63, 3.8) is 0 Å². The van der Waals surface area contributed by atoms with Crippen LogP contribution < -0.4 is 5.73 Å². The topological polar surface area (TPSA) is 63.0 Å². The van der Waals surface area contributed by atoms with E-state index in [2.05, 4.69) is 0 Å². The molecule has 0 aliphatic rings. The number of carbonyl (C=O) groups is 1. The molecule has 0 aromatic heterocycles. The van der Waals surface area contributed by atoms with Gasteiger partial charge >= 0.3 is 5.97 Å². The highest BCUT2D eigenvalue weighted by atomic mass is 16.4. The molecule has 1 atom stereocenters. The Morgan fingerprint density at radius 1 is 1.50 bits per heavy atom. The van der Waals surface area contributed by atoms with Gasteiger partial charge < -0.3 is 5.73 Å². The maximum Gasteiger partial charge on any atom is 0.372 e. The van der Waals surface area contributed by atoms with E-state index in [9.17, 15) is 9.90 Å². The molecule has 0 aliphatic carbocycles. The van der Waals surface area contributed by atoms with Crippen LogP contribution >= 0.6 is 0 Å². The van der Waals surface area contributed by atoms with Gasteiger partial charge in [-0.05, 0) is 5.92 Å². The van der Waals surface area contributed by atoms with Crippen molar-refractivity contribution in [3.8, 4) is 0 Å². The largest absolute Gasteiger partial charge is 0.372 e. The standard InChI is InChI=1S/C5H10NO2/c1-3(2)4(6)5(7)8/h3-4H,6H2,1-2H3/t4-/m0/s1. The van der Waals surface area contributed by atoms with Crippen LogP contribution in [0.4, 0.5) is 0 Å². The Morgan fingerprint density at radius 2 is 1.88 bits per heavy atom. The summed E-state index contributed by atoms with van der Waals surface area (Å²) in [5.41, 5.74) is 5.10. The van der Waals surface area contributed by atoms with Crippen LogP contribution in [-0.4, -0.2) is 12.0 Å². The van der Waals surface area contributed by atoms with Crippen molar-refractivity contribution in [1.29, 1.82) is 0 Å². The smallest absolute Gasteiger partial charge is 0.318 e. The maximum absolute atomic E-state index is 9.90. The van der Waals surface area contributed by atoms with Crippen LogP contribution in [0.5, 0.6) is 0 Å². The van der Waals surface area contributed by atoms with E-state index in [1.165, 1.54) is 0 Å². The minimum absolute atomic E-state index is 0.0417. The van der Waals surface area contributed by atoms with E-state index in [0.717, 1.165) is 0 Å². The maximum atomic E-state index is 9.90. The summed E-state index contributed by atoms with van der Waals surface area (Å²) in [6.07, 6.45) is 0. The fourth-order valence-electron chi connectivity index (χ4n) is 0.272. The van der Waals surface area contributed by atoms with Crippen LogP contribution in [0.2, 0.25) is 0 Å². The van der Waals surface area contributed by atoms with Crippen LogP contribution in [-0.2, 0) is 9.90 Å². The minimum atomic E-state index is -1.18. The van der Waals surface area contributed by atoms with Crippen molar-refractivity contribution < 1.29 is 9.90 Å². The Morgan fingerprint density at radius 3 is 1.88 bits per heavy atom. The zero-order valence-electron chi connectivity index (χ0n) is 5.05. The van der Waals surface area contributed by atoms with Gasteiger partial charge in [0.05, 0.1) is 0 Å². The highest BCUT2D eigenvalue weighted by molar-refractivity contribution is 5.72. The monoisotopic (exact) mass is 116 g/mol. The lowest BCUT2D eigenvalue weighted by Crippen LogP contribution is -2.34. The third-order valence-electron chi connectivity index (χ3n) is 0.990. The minimum Gasteiger partial charge on any atom is -0.318 e. The molecule has 47 valence electrons. The molecule has 0 fully saturated rings. The summed E-state index contributed by atoms with van der Waals surface area (Å²) in [7, 11) is 0. The molecule has 0 rings (SSSR count).